The first-order chi connectivity index (χ1) is 10.8. The number of terminal acetylenes is 1. The largest absolute Gasteiger partial charge is 0.349 e. The van der Waals surface area contributed by atoms with E-state index in [0.717, 1.165) is 42.5 Å². The molecule has 1 saturated carbocycles. The number of nitrogens with zero attached hydrogens (tertiary/aromatic N) is 2. The van der Waals surface area contributed by atoms with Crippen molar-refractivity contribution in [2.24, 2.45) is 5.92 Å². The molecule has 1 aromatic heterocycles. The number of imidazole rings is 1. The Hall–Kier alpha value is -2.28. The van der Waals surface area contributed by atoms with Crippen LogP contribution < -0.4 is 5.32 Å². The molecule has 4 heteroatoms. The Bertz CT molecular complexity index is 705. The Morgan fingerprint density at radius 3 is 2.86 bits per heavy atom. The van der Waals surface area contributed by atoms with E-state index < -0.39 is 0 Å². The first kappa shape index (κ1) is 14.6. The van der Waals surface area contributed by atoms with Crippen LogP contribution in [0.15, 0.2) is 24.3 Å². The van der Waals surface area contributed by atoms with E-state index in [4.69, 9.17) is 6.42 Å². The fourth-order valence-electron chi connectivity index (χ4n) is 3.20. The van der Waals surface area contributed by atoms with Gasteiger partial charge in [-0.1, -0.05) is 37.3 Å². The monoisotopic (exact) mass is 295 g/mol. The van der Waals surface area contributed by atoms with Crippen LogP contribution >= 0.6 is 0 Å². The minimum Gasteiger partial charge on any atom is -0.349 e. The molecule has 0 saturated heterocycles. The maximum absolute atomic E-state index is 12.3. The minimum atomic E-state index is 0.152. The number of amides is 1. The number of hydrogen-bond donors (Lipinski definition) is 1. The Morgan fingerprint density at radius 1 is 1.32 bits per heavy atom. The summed E-state index contributed by atoms with van der Waals surface area (Å²) in [5, 5.41) is 3.04. The number of aromatic nitrogens is 2. The summed E-state index contributed by atoms with van der Waals surface area (Å²) in [6.45, 7) is 0.904. The standard InChI is InChI=1S/C18H21N3O/c1-2-12-21-16-11-7-6-10-15(16)20-17(21)13-19-18(22)14-8-4-3-5-9-14/h1,6-7,10-11,14H,3-5,8-9,12-13H2,(H,19,22). The molecule has 1 N–H and O–H groups in total. The van der Waals surface area contributed by atoms with E-state index in [2.05, 4.69) is 16.2 Å². The first-order valence-electron chi connectivity index (χ1n) is 7.95. The molecule has 1 aromatic carbocycles. The van der Waals surface area contributed by atoms with Crippen molar-refractivity contribution in [1.82, 2.24) is 14.9 Å². The quantitative estimate of drug-likeness (QED) is 0.882. The molecular formula is C18H21N3O. The number of para-hydroxylation sites is 2. The topological polar surface area (TPSA) is 46.9 Å². The molecule has 1 heterocycles. The van der Waals surface area contributed by atoms with Gasteiger partial charge in [0.15, 0.2) is 0 Å². The van der Waals surface area contributed by atoms with E-state index in [1.807, 2.05) is 28.8 Å². The minimum absolute atomic E-state index is 0.152. The van der Waals surface area contributed by atoms with Crippen LogP contribution in [0.5, 0.6) is 0 Å². The Balaban J connectivity index is 1.74. The summed E-state index contributed by atoms with van der Waals surface area (Å²) in [5.74, 6) is 3.80. The van der Waals surface area contributed by atoms with E-state index in [1.54, 1.807) is 0 Å². The van der Waals surface area contributed by atoms with Crippen LogP contribution in [0, 0.1) is 18.3 Å². The highest BCUT2D eigenvalue weighted by Crippen LogP contribution is 2.23. The summed E-state index contributed by atoms with van der Waals surface area (Å²) >= 11 is 0. The second kappa shape index (κ2) is 6.65. The van der Waals surface area contributed by atoms with Gasteiger partial charge in [0.25, 0.3) is 0 Å². The summed E-state index contributed by atoms with van der Waals surface area (Å²) in [7, 11) is 0. The first-order valence-corrected chi connectivity index (χ1v) is 7.95. The molecule has 1 aliphatic carbocycles. The van der Waals surface area contributed by atoms with Gasteiger partial charge in [0.2, 0.25) is 5.91 Å². The third-order valence-electron chi connectivity index (χ3n) is 4.38. The molecule has 0 aliphatic heterocycles. The van der Waals surface area contributed by atoms with Crippen LogP contribution in [0.3, 0.4) is 0 Å². The second-order valence-electron chi connectivity index (χ2n) is 5.86. The normalized spacial score (nSPS) is 15.6. The molecule has 3 rings (SSSR count). The average Bonchev–Trinajstić information content (AvgIpc) is 2.92. The molecule has 0 bridgehead atoms. The zero-order valence-corrected chi connectivity index (χ0v) is 12.7. The second-order valence-corrected chi connectivity index (χ2v) is 5.86. The molecule has 0 spiro atoms. The Morgan fingerprint density at radius 2 is 2.09 bits per heavy atom. The summed E-state index contributed by atoms with van der Waals surface area (Å²) in [4.78, 5) is 16.9. The highest BCUT2D eigenvalue weighted by molar-refractivity contribution is 5.79. The van der Waals surface area contributed by atoms with E-state index in [0.29, 0.717) is 13.1 Å². The van der Waals surface area contributed by atoms with Crippen molar-refractivity contribution in [1.29, 1.82) is 0 Å². The van der Waals surface area contributed by atoms with Gasteiger partial charge in [-0.15, -0.1) is 6.42 Å². The van der Waals surface area contributed by atoms with Crippen LogP contribution in [0.25, 0.3) is 11.0 Å². The van der Waals surface area contributed by atoms with Gasteiger partial charge in [-0.05, 0) is 25.0 Å². The zero-order chi connectivity index (χ0) is 15.4. The molecule has 4 nitrogen and oxygen atoms in total. The lowest BCUT2D eigenvalue weighted by Gasteiger charge is -2.20. The van der Waals surface area contributed by atoms with Gasteiger partial charge in [0, 0.05) is 5.92 Å². The predicted octanol–water partition coefficient (Wildman–Crippen LogP) is 2.87. The maximum atomic E-state index is 12.3. The molecule has 0 unspecified atom stereocenters. The maximum Gasteiger partial charge on any atom is 0.223 e. The molecule has 0 radical (unpaired) electrons. The third kappa shape index (κ3) is 2.99. The summed E-state index contributed by atoms with van der Waals surface area (Å²) in [5.41, 5.74) is 1.93. The van der Waals surface area contributed by atoms with Gasteiger partial charge in [-0.3, -0.25) is 4.79 Å². The van der Waals surface area contributed by atoms with Crippen LogP contribution in [-0.4, -0.2) is 15.5 Å². The Kier molecular flexibility index (Phi) is 4.43. The van der Waals surface area contributed by atoms with Crippen LogP contribution in [0.1, 0.15) is 37.9 Å². The van der Waals surface area contributed by atoms with Crippen LogP contribution in [0.2, 0.25) is 0 Å². The molecule has 1 fully saturated rings. The lowest BCUT2D eigenvalue weighted by Crippen LogP contribution is -2.32. The van der Waals surface area contributed by atoms with Crippen molar-refractivity contribution < 1.29 is 4.79 Å². The lowest BCUT2D eigenvalue weighted by atomic mass is 9.89. The van der Waals surface area contributed by atoms with Crippen molar-refractivity contribution in [3.8, 4) is 12.3 Å². The fraction of sp³-hybridized carbons (Fsp3) is 0.444. The van der Waals surface area contributed by atoms with Crippen molar-refractivity contribution in [2.45, 2.75) is 45.2 Å². The zero-order valence-electron chi connectivity index (χ0n) is 12.7. The number of carbonyl (C=O) groups is 1. The van der Waals surface area contributed by atoms with Gasteiger partial charge in [0.05, 0.1) is 24.1 Å². The number of benzene rings is 1. The van der Waals surface area contributed by atoms with E-state index in [-0.39, 0.29) is 11.8 Å². The van der Waals surface area contributed by atoms with Gasteiger partial charge in [-0.25, -0.2) is 4.98 Å². The van der Waals surface area contributed by atoms with Crippen molar-refractivity contribution in [3.63, 3.8) is 0 Å². The molecule has 22 heavy (non-hydrogen) atoms. The fourth-order valence-corrected chi connectivity index (χ4v) is 3.20. The van der Waals surface area contributed by atoms with Crippen LogP contribution in [-0.2, 0) is 17.9 Å². The Labute approximate surface area is 130 Å². The number of nitrogens with one attached hydrogen (secondary N) is 1. The summed E-state index contributed by atoms with van der Waals surface area (Å²) in [6, 6.07) is 7.91. The van der Waals surface area contributed by atoms with Crippen molar-refractivity contribution in [2.75, 3.05) is 0 Å². The third-order valence-corrected chi connectivity index (χ3v) is 4.38. The van der Waals surface area contributed by atoms with E-state index in [1.165, 1.54) is 6.42 Å². The SMILES string of the molecule is C#CCn1c(CNC(=O)C2CCCCC2)nc2ccccc21. The smallest absolute Gasteiger partial charge is 0.223 e. The van der Waals surface area contributed by atoms with Gasteiger partial charge < -0.3 is 9.88 Å². The molecule has 1 amide bonds. The molecule has 114 valence electrons. The summed E-state index contributed by atoms with van der Waals surface area (Å²) < 4.78 is 2.00. The van der Waals surface area contributed by atoms with Gasteiger partial charge in [-0.2, -0.15) is 0 Å². The summed E-state index contributed by atoms with van der Waals surface area (Å²) in [6.07, 6.45) is 11.1. The number of fused-ring (bicyclic) bond motifs is 1. The molecule has 1 aliphatic rings. The van der Waals surface area contributed by atoms with Crippen molar-refractivity contribution in [3.05, 3.63) is 30.1 Å². The predicted molar refractivity (Wildman–Crippen MR) is 87.0 cm³/mol. The van der Waals surface area contributed by atoms with E-state index in [9.17, 15) is 4.79 Å². The highest BCUT2D eigenvalue weighted by atomic mass is 16.1. The lowest BCUT2D eigenvalue weighted by molar-refractivity contribution is -0.126. The number of hydrogen-bond acceptors (Lipinski definition) is 2. The number of rotatable bonds is 4. The van der Waals surface area contributed by atoms with Crippen LogP contribution in [0.4, 0.5) is 0 Å². The molecule has 2 aromatic rings. The highest BCUT2D eigenvalue weighted by Gasteiger charge is 2.21. The van der Waals surface area contributed by atoms with E-state index >= 15 is 0 Å². The molecular weight excluding hydrogens is 274 g/mol. The van der Waals surface area contributed by atoms with Crippen molar-refractivity contribution >= 4 is 16.9 Å². The van der Waals surface area contributed by atoms with Gasteiger partial charge >= 0.3 is 0 Å². The average molecular weight is 295 g/mol. The van der Waals surface area contributed by atoms with Gasteiger partial charge in [0.1, 0.15) is 5.82 Å². The number of carbonyl (C=O) groups excluding carboxylic acids is 1. The molecule has 0 atom stereocenters.